The number of rotatable bonds is 14. The number of amidine groups is 1. The minimum atomic E-state index is 0.0661. The van der Waals surface area contributed by atoms with Crippen LogP contribution < -0.4 is 9.64 Å². The maximum atomic E-state index is 6.02. The molecular weight excluding hydrogens is 717 g/mol. The van der Waals surface area contributed by atoms with E-state index < -0.39 is 0 Å². The molecule has 1 saturated carbocycles. The lowest BCUT2D eigenvalue weighted by Crippen LogP contribution is -2.17. The molecule has 4 aromatic carbocycles. The largest absolute Gasteiger partial charge is 0.494 e. The van der Waals surface area contributed by atoms with Gasteiger partial charge >= 0.3 is 0 Å². The van der Waals surface area contributed by atoms with Crippen LogP contribution in [0.1, 0.15) is 88.2 Å². The number of ether oxygens (including phenoxy) is 1. The quantitative estimate of drug-likeness (QED) is 0.0946. The van der Waals surface area contributed by atoms with Gasteiger partial charge in [-0.25, -0.2) is 4.99 Å². The number of unbranched alkanes of at least 4 members (excludes halogenated alkanes) is 3. The van der Waals surface area contributed by atoms with Crippen molar-refractivity contribution in [2.45, 2.75) is 94.1 Å². The molecule has 4 aromatic rings. The molecule has 0 bridgehead atoms. The molecule has 2 atom stereocenters. The summed E-state index contributed by atoms with van der Waals surface area (Å²) >= 11 is 3.26. The van der Waals surface area contributed by atoms with Crippen LogP contribution in [0.5, 0.6) is 5.75 Å². The highest BCUT2D eigenvalue weighted by Gasteiger charge is 2.35. The van der Waals surface area contributed by atoms with Gasteiger partial charge in [-0.2, -0.15) is 5.11 Å². The highest BCUT2D eigenvalue weighted by Crippen LogP contribution is 2.45. The van der Waals surface area contributed by atoms with Crippen LogP contribution in [-0.4, -0.2) is 35.5 Å². The van der Waals surface area contributed by atoms with Gasteiger partial charge in [0.25, 0.3) is 0 Å². The third-order valence-corrected chi connectivity index (χ3v) is 13.6. The van der Waals surface area contributed by atoms with E-state index in [1.807, 2.05) is 36.4 Å². The van der Waals surface area contributed by atoms with Crippen LogP contribution in [0.3, 0.4) is 0 Å². The van der Waals surface area contributed by atoms with Crippen LogP contribution >= 0.6 is 23.5 Å². The first-order valence-electron chi connectivity index (χ1n) is 20.3. The van der Waals surface area contributed by atoms with Gasteiger partial charge in [0.05, 0.1) is 23.2 Å². The van der Waals surface area contributed by atoms with Crippen LogP contribution in [0.4, 0.5) is 17.1 Å². The standard InChI is InChI=1S/C46H52N6OS2/c1-33-9-13-35(14-10-33)37-17-19-38(20-18-37)36-15-11-34(12-16-36)8-4-2-3-7-31-53-42-27-23-40(24-28-42)48-50-44-32-43-45(55-44)47-46(54-43)51-49-39-21-25-41(26-22-39)52-29-5-6-30-52/h11-12,15-28,32-33,35,43,45H,2-10,13-14,29-31H2,1H3. The first-order valence-corrected chi connectivity index (χ1v) is 22.1. The molecule has 0 N–H and O–H groups in total. The van der Waals surface area contributed by atoms with Gasteiger partial charge in [0, 0.05) is 18.8 Å². The van der Waals surface area contributed by atoms with E-state index >= 15 is 0 Å². The molecule has 55 heavy (non-hydrogen) atoms. The van der Waals surface area contributed by atoms with E-state index in [0.717, 1.165) is 71.7 Å². The Morgan fingerprint density at radius 3 is 2.04 bits per heavy atom. The van der Waals surface area contributed by atoms with Gasteiger partial charge in [0.2, 0.25) is 5.17 Å². The van der Waals surface area contributed by atoms with Crippen molar-refractivity contribution in [3.05, 3.63) is 119 Å². The molecule has 0 spiro atoms. The Morgan fingerprint density at radius 2 is 1.33 bits per heavy atom. The van der Waals surface area contributed by atoms with Crippen molar-refractivity contribution in [2.24, 2.45) is 31.4 Å². The average molecular weight is 769 g/mol. The van der Waals surface area contributed by atoms with E-state index in [0.29, 0.717) is 0 Å². The zero-order chi connectivity index (χ0) is 37.2. The van der Waals surface area contributed by atoms with Crippen molar-refractivity contribution < 1.29 is 4.74 Å². The zero-order valence-electron chi connectivity index (χ0n) is 31.9. The smallest absolute Gasteiger partial charge is 0.206 e. The Morgan fingerprint density at radius 1 is 0.673 bits per heavy atom. The molecule has 2 unspecified atom stereocenters. The second-order valence-electron chi connectivity index (χ2n) is 15.4. The van der Waals surface area contributed by atoms with Crippen molar-refractivity contribution in [2.75, 3.05) is 24.6 Å². The van der Waals surface area contributed by atoms with E-state index in [1.165, 1.54) is 85.7 Å². The Bertz CT molecular complexity index is 1960. The molecule has 284 valence electrons. The summed E-state index contributed by atoms with van der Waals surface area (Å²) in [5, 5.41) is 19.7. The number of azo groups is 2. The summed E-state index contributed by atoms with van der Waals surface area (Å²) in [4.78, 5) is 7.18. The minimum absolute atomic E-state index is 0.0661. The Labute approximate surface area is 335 Å². The minimum Gasteiger partial charge on any atom is -0.494 e. The fourth-order valence-electron chi connectivity index (χ4n) is 7.91. The number of benzene rings is 4. The molecule has 7 nitrogen and oxygen atoms in total. The van der Waals surface area contributed by atoms with Gasteiger partial charge < -0.3 is 9.64 Å². The molecule has 3 aliphatic heterocycles. The van der Waals surface area contributed by atoms with E-state index in [1.54, 1.807) is 23.5 Å². The maximum absolute atomic E-state index is 6.02. The number of hydrogen-bond donors (Lipinski definition) is 0. The van der Waals surface area contributed by atoms with Gasteiger partial charge in [-0.1, -0.05) is 105 Å². The van der Waals surface area contributed by atoms with Crippen LogP contribution in [0.15, 0.2) is 134 Å². The molecule has 9 heteroatoms. The number of aryl methyl sites for hydroxylation is 1. The van der Waals surface area contributed by atoms with Crippen molar-refractivity contribution in [3.63, 3.8) is 0 Å². The molecule has 1 saturated heterocycles. The number of anilines is 1. The lowest BCUT2D eigenvalue weighted by molar-refractivity contribution is 0.304. The van der Waals surface area contributed by atoms with Gasteiger partial charge in [0.15, 0.2) is 0 Å². The SMILES string of the molecule is CC1CCC(c2ccc(-c3ccc(CCCCCCOc4ccc(N=NC5=CC6SC(N=Nc7ccc(N8CCCC8)cc7)=NC6S5)cc4)cc3)cc2)CC1. The summed E-state index contributed by atoms with van der Waals surface area (Å²) in [6, 6.07) is 34.8. The summed E-state index contributed by atoms with van der Waals surface area (Å²) in [5.74, 6) is 2.52. The van der Waals surface area contributed by atoms with Crippen LogP contribution in [0.2, 0.25) is 0 Å². The fourth-order valence-corrected chi connectivity index (χ4v) is 10.2. The number of aliphatic imine (C=N–C) groups is 1. The van der Waals surface area contributed by atoms with Crippen LogP contribution in [0.25, 0.3) is 11.1 Å². The number of hydrogen-bond acceptors (Lipinski definition) is 9. The molecule has 0 aromatic heterocycles. The monoisotopic (exact) mass is 768 g/mol. The zero-order valence-corrected chi connectivity index (χ0v) is 33.6. The molecule has 1 aliphatic carbocycles. The first kappa shape index (κ1) is 37.7. The van der Waals surface area contributed by atoms with E-state index in [2.05, 4.69) is 99.0 Å². The molecule has 4 aliphatic rings. The van der Waals surface area contributed by atoms with Gasteiger partial charge in [-0.3, -0.25) is 0 Å². The molecule has 3 heterocycles. The lowest BCUT2D eigenvalue weighted by Gasteiger charge is -2.26. The third kappa shape index (κ3) is 10.4. The normalized spacial score (nSPS) is 22.4. The predicted molar refractivity (Wildman–Crippen MR) is 232 cm³/mol. The maximum Gasteiger partial charge on any atom is 0.206 e. The third-order valence-electron chi connectivity index (χ3n) is 11.3. The van der Waals surface area contributed by atoms with Crippen LogP contribution in [0, 0.1) is 5.92 Å². The summed E-state index contributed by atoms with van der Waals surface area (Å²) < 4.78 is 6.02. The molecular formula is C46H52N6OS2. The van der Waals surface area contributed by atoms with Crippen molar-refractivity contribution in [1.82, 2.24) is 0 Å². The molecule has 0 amide bonds. The highest BCUT2D eigenvalue weighted by molar-refractivity contribution is 8.16. The van der Waals surface area contributed by atoms with Crippen molar-refractivity contribution in [3.8, 4) is 16.9 Å². The predicted octanol–water partition coefficient (Wildman–Crippen LogP) is 13.7. The lowest BCUT2D eigenvalue weighted by atomic mass is 9.79. The number of thioether (sulfide) groups is 2. The van der Waals surface area contributed by atoms with Gasteiger partial charge in [-0.05, 0) is 134 Å². The fraction of sp³-hybridized carbons (Fsp3) is 0.413. The molecule has 8 rings (SSSR count). The Kier molecular flexibility index (Phi) is 12.8. The Balaban J connectivity index is 0.692. The first-order chi connectivity index (χ1) is 27.1. The summed E-state index contributed by atoms with van der Waals surface area (Å²) in [7, 11) is 0. The Hall–Kier alpha value is -4.21. The van der Waals surface area contributed by atoms with Crippen molar-refractivity contribution >= 4 is 45.8 Å². The molecule has 2 fully saturated rings. The van der Waals surface area contributed by atoms with Gasteiger partial charge in [-0.15, -0.1) is 15.3 Å². The highest BCUT2D eigenvalue weighted by atomic mass is 32.2. The van der Waals surface area contributed by atoms with Gasteiger partial charge in [0.1, 0.15) is 16.2 Å². The summed E-state index contributed by atoms with van der Waals surface area (Å²) in [6.45, 7) is 5.40. The second-order valence-corrected chi connectivity index (χ2v) is 17.7. The van der Waals surface area contributed by atoms with E-state index in [-0.39, 0.29) is 10.6 Å². The van der Waals surface area contributed by atoms with Crippen molar-refractivity contribution in [1.29, 1.82) is 0 Å². The van der Waals surface area contributed by atoms with E-state index in [4.69, 9.17) is 9.73 Å². The number of fused-ring (bicyclic) bond motifs is 1. The topological polar surface area (TPSA) is 74.3 Å². The van der Waals surface area contributed by atoms with E-state index in [9.17, 15) is 0 Å². The summed E-state index contributed by atoms with van der Waals surface area (Å²) in [5.41, 5.74) is 8.49. The number of nitrogens with zero attached hydrogens (tertiary/aromatic N) is 6. The summed E-state index contributed by atoms with van der Waals surface area (Å²) in [6.07, 6.45) is 15.9. The van der Waals surface area contributed by atoms with Crippen LogP contribution in [-0.2, 0) is 6.42 Å². The molecule has 0 radical (unpaired) electrons. The second kappa shape index (κ2) is 18.6. The average Bonchev–Trinajstić information content (AvgIpc) is 3.99.